The molecule has 2 saturated heterocycles. The number of rotatable bonds is 3. The van der Waals surface area contributed by atoms with Gasteiger partial charge in [-0.15, -0.1) is 0 Å². The van der Waals surface area contributed by atoms with Crippen molar-refractivity contribution in [2.45, 2.75) is 31.7 Å². The first kappa shape index (κ1) is 17.0. The highest BCUT2D eigenvalue weighted by Gasteiger charge is 2.28. The third kappa shape index (κ3) is 3.72. The lowest BCUT2D eigenvalue weighted by atomic mass is 10.0. The van der Waals surface area contributed by atoms with Gasteiger partial charge < -0.3 is 15.1 Å². The number of benzene rings is 1. The average Bonchev–Trinajstić information content (AvgIpc) is 3.34. The molecule has 0 radical (unpaired) electrons. The number of likely N-dealkylation sites (tertiary alicyclic amines) is 2. The van der Waals surface area contributed by atoms with Crippen LogP contribution in [0.2, 0.25) is 0 Å². The van der Waals surface area contributed by atoms with Crippen LogP contribution >= 0.6 is 0 Å². The molecule has 0 unspecified atom stereocenters. The van der Waals surface area contributed by atoms with Crippen LogP contribution in [0.4, 0.5) is 10.5 Å². The molecule has 2 amide bonds. The van der Waals surface area contributed by atoms with Crippen molar-refractivity contribution in [3.63, 3.8) is 0 Å². The summed E-state index contributed by atoms with van der Waals surface area (Å²) in [5.41, 5.74) is 1.68. The monoisotopic (exact) mass is 354 g/mol. The van der Waals surface area contributed by atoms with Crippen molar-refractivity contribution in [3.05, 3.63) is 30.6 Å². The van der Waals surface area contributed by atoms with E-state index in [1.165, 1.54) is 25.9 Å². The molecule has 1 N–H and O–H groups in total. The van der Waals surface area contributed by atoms with Gasteiger partial charge in [-0.2, -0.15) is 5.10 Å². The van der Waals surface area contributed by atoms with Crippen LogP contribution in [0, 0.1) is 0 Å². The summed E-state index contributed by atoms with van der Waals surface area (Å²) in [5.74, 6) is 0.662. The highest BCUT2D eigenvalue weighted by Crippen LogP contribution is 2.23. The van der Waals surface area contributed by atoms with Crippen LogP contribution in [0.5, 0.6) is 0 Å². The summed E-state index contributed by atoms with van der Waals surface area (Å²) in [6.07, 6.45) is 6.46. The van der Waals surface area contributed by atoms with E-state index in [1.54, 1.807) is 11.0 Å². The molecule has 7 nitrogen and oxygen atoms in total. The number of urea groups is 1. The first-order valence-electron chi connectivity index (χ1n) is 9.45. The second-order valence-electron chi connectivity index (χ2n) is 7.21. The molecular formula is C19H26N6O. The van der Waals surface area contributed by atoms with Crippen molar-refractivity contribution in [2.24, 2.45) is 7.05 Å². The van der Waals surface area contributed by atoms with E-state index in [0.717, 1.165) is 37.2 Å². The minimum Gasteiger partial charge on any atom is -0.324 e. The Bertz CT molecular complexity index is 759. The van der Waals surface area contributed by atoms with E-state index in [4.69, 9.17) is 0 Å². The molecule has 138 valence electrons. The number of aryl methyl sites for hydroxylation is 1. The number of anilines is 1. The molecule has 2 aromatic rings. The van der Waals surface area contributed by atoms with Gasteiger partial charge in [0.25, 0.3) is 0 Å². The minimum atomic E-state index is -0.0176. The normalized spacial score (nSPS) is 19.0. The number of hydrogen-bond acceptors (Lipinski definition) is 4. The lowest BCUT2D eigenvalue weighted by Gasteiger charge is -2.36. The molecule has 0 saturated carbocycles. The second-order valence-corrected chi connectivity index (χ2v) is 7.21. The van der Waals surface area contributed by atoms with Crippen LogP contribution in [-0.4, -0.2) is 62.8 Å². The number of piperidine rings is 1. The van der Waals surface area contributed by atoms with E-state index in [1.807, 2.05) is 36.2 Å². The first-order valence-corrected chi connectivity index (χ1v) is 9.45. The van der Waals surface area contributed by atoms with Gasteiger partial charge in [0.2, 0.25) is 0 Å². The maximum atomic E-state index is 12.6. The summed E-state index contributed by atoms with van der Waals surface area (Å²) in [4.78, 5) is 21.4. The Kier molecular flexibility index (Phi) is 4.88. The molecule has 0 atom stereocenters. The molecule has 0 bridgehead atoms. The fourth-order valence-corrected chi connectivity index (χ4v) is 3.95. The molecule has 7 heteroatoms. The molecule has 4 rings (SSSR count). The van der Waals surface area contributed by atoms with Crippen LogP contribution in [0.3, 0.4) is 0 Å². The molecule has 0 spiro atoms. The van der Waals surface area contributed by atoms with Gasteiger partial charge in [-0.3, -0.25) is 4.68 Å². The van der Waals surface area contributed by atoms with Crippen LogP contribution in [0.15, 0.2) is 30.6 Å². The van der Waals surface area contributed by atoms with E-state index >= 15 is 0 Å². The van der Waals surface area contributed by atoms with Crippen LogP contribution in [0.25, 0.3) is 11.4 Å². The number of nitrogens with zero attached hydrogens (tertiary/aromatic N) is 5. The topological polar surface area (TPSA) is 66.3 Å². The molecule has 2 aliphatic rings. The SMILES string of the molecule is Cn1cnc(-c2cccc(NC(=O)N3CCC(N4CCCC4)CC3)c2)n1. The van der Waals surface area contributed by atoms with Crippen LogP contribution in [-0.2, 0) is 7.05 Å². The summed E-state index contributed by atoms with van der Waals surface area (Å²) in [7, 11) is 1.84. The fraction of sp³-hybridized carbons (Fsp3) is 0.526. The molecule has 1 aromatic carbocycles. The van der Waals surface area contributed by atoms with Gasteiger partial charge in [0, 0.05) is 37.4 Å². The zero-order chi connectivity index (χ0) is 17.9. The van der Waals surface area contributed by atoms with E-state index in [9.17, 15) is 4.79 Å². The predicted octanol–water partition coefficient (Wildman–Crippen LogP) is 2.57. The van der Waals surface area contributed by atoms with Gasteiger partial charge in [0.1, 0.15) is 6.33 Å². The lowest BCUT2D eigenvalue weighted by Crippen LogP contribution is -2.47. The second kappa shape index (κ2) is 7.45. The van der Waals surface area contributed by atoms with E-state index < -0.39 is 0 Å². The summed E-state index contributed by atoms with van der Waals surface area (Å²) >= 11 is 0. The highest BCUT2D eigenvalue weighted by molar-refractivity contribution is 5.90. The molecule has 2 aliphatic heterocycles. The Hall–Kier alpha value is -2.41. The molecule has 3 heterocycles. The van der Waals surface area contributed by atoms with Gasteiger partial charge in [-0.1, -0.05) is 12.1 Å². The molecule has 0 aliphatic carbocycles. The van der Waals surface area contributed by atoms with Crippen molar-refractivity contribution < 1.29 is 4.79 Å². The Morgan fingerprint density at radius 2 is 1.92 bits per heavy atom. The van der Waals surface area contributed by atoms with Crippen molar-refractivity contribution in [1.29, 1.82) is 0 Å². The van der Waals surface area contributed by atoms with E-state index in [-0.39, 0.29) is 6.03 Å². The fourth-order valence-electron chi connectivity index (χ4n) is 3.95. The van der Waals surface area contributed by atoms with Gasteiger partial charge in [-0.05, 0) is 50.9 Å². The van der Waals surface area contributed by atoms with Gasteiger partial charge in [0.05, 0.1) is 0 Å². The highest BCUT2D eigenvalue weighted by atomic mass is 16.2. The van der Waals surface area contributed by atoms with Gasteiger partial charge in [-0.25, -0.2) is 9.78 Å². The number of carbonyl (C=O) groups is 1. The summed E-state index contributed by atoms with van der Waals surface area (Å²) in [6.45, 7) is 4.11. The quantitative estimate of drug-likeness (QED) is 0.920. The Morgan fingerprint density at radius 1 is 1.15 bits per heavy atom. The summed E-state index contributed by atoms with van der Waals surface area (Å²) in [6, 6.07) is 8.33. The van der Waals surface area contributed by atoms with Crippen molar-refractivity contribution in [3.8, 4) is 11.4 Å². The third-order valence-electron chi connectivity index (χ3n) is 5.38. The molecule has 2 fully saturated rings. The Morgan fingerprint density at radius 3 is 2.62 bits per heavy atom. The maximum Gasteiger partial charge on any atom is 0.321 e. The van der Waals surface area contributed by atoms with Crippen LogP contribution in [0.1, 0.15) is 25.7 Å². The number of amides is 2. The number of carbonyl (C=O) groups excluding carboxylic acids is 1. The van der Waals surface area contributed by atoms with Gasteiger partial charge in [0.15, 0.2) is 5.82 Å². The summed E-state index contributed by atoms with van der Waals surface area (Å²) < 4.78 is 1.67. The Labute approximate surface area is 154 Å². The minimum absolute atomic E-state index is 0.0176. The van der Waals surface area contributed by atoms with E-state index in [0.29, 0.717) is 11.9 Å². The van der Waals surface area contributed by atoms with E-state index in [2.05, 4.69) is 20.3 Å². The standard InChI is InChI=1S/C19H26N6O/c1-23-14-20-18(22-23)15-5-4-6-16(13-15)21-19(26)25-11-7-17(8-12-25)24-9-2-3-10-24/h4-6,13-14,17H,2-3,7-12H2,1H3,(H,21,26). The zero-order valence-electron chi connectivity index (χ0n) is 15.3. The zero-order valence-corrected chi connectivity index (χ0v) is 15.3. The lowest BCUT2D eigenvalue weighted by molar-refractivity contribution is 0.140. The first-order chi connectivity index (χ1) is 12.7. The van der Waals surface area contributed by atoms with Crippen molar-refractivity contribution in [1.82, 2.24) is 24.6 Å². The number of hydrogen-bond donors (Lipinski definition) is 1. The Balaban J connectivity index is 1.35. The van der Waals surface area contributed by atoms with Crippen molar-refractivity contribution >= 4 is 11.7 Å². The maximum absolute atomic E-state index is 12.6. The van der Waals surface area contributed by atoms with Crippen molar-refractivity contribution in [2.75, 3.05) is 31.5 Å². The average molecular weight is 354 g/mol. The molecule has 1 aromatic heterocycles. The predicted molar refractivity (Wildman–Crippen MR) is 101 cm³/mol. The third-order valence-corrected chi connectivity index (χ3v) is 5.38. The smallest absolute Gasteiger partial charge is 0.321 e. The summed E-state index contributed by atoms with van der Waals surface area (Å²) in [5, 5.41) is 7.34. The molecule has 26 heavy (non-hydrogen) atoms. The van der Waals surface area contributed by atoms with Gasteiger partial charge >= 0.3 is 6.03 Å². The largest absolute Gasteiger partial charge is 0.324 e. The van der Waals surface area contributed by atoms with Crippen LogP contribution < -0.4 is 5.32 Å². The molecular weight excluding hydrogens is 328 g/mol. The number of nitrogens with one attached hydrogen (secondary N) is 1. The number of aromatic nitrogens is 3.